The number of para-hydroxylation sites is 1. The number of carboxylic acids is 1. The Balaban J connectivity index is 2.26. The third-order valence-corrected chi connectivity index (χ3v) is 3.12. The van der Waals surface area contributed by atoms with Gasteiger partial charge in [-0.1, -0.05) is 18.2 Å². The molecule has 0 amide bonds. The Morgan fingerprint density at radius 3 is 2.50 bits per heavy atom. The highest BCUT2D eigenvalue weighted by atomic mass is 16.5. The van der Waals surface area contributed by atoms with Crippen LogP contribution in [0.5, 0.6) is 6.01 Å². The summed E-state index contributed by atoms with van der Waals surface area (Å²) in [4.78, 5) is 26.6. The van der Waals surface area contributed by atoms with Crippen molar-refractivity contribution in [1.82, 2.24) is 9.55 Å². The minimum absolute atomic E-state index is 0.108. The molecule has 0 atom stereocenters. The molecule has 110 valence electrons. The Morgan fingerprint density at radius 2 is 1.86 bits per heavy atom. The lowest BCUT2D eigenvalue weighted by Gasteiger charge is -2.07. The predicted molar refractivity (Wildman–Crippen MR) is 79.3 cm³/mol. The van der Waals surface area contributed by atoms with Gasteiger partial charge in [-0.25, -0.2) is 4.79 Å². The van der Waals surface area contributed by atoms with Crippen LogP contribution in [0.4, 0.5) is 0 Å². The second-order valence-corrected chi connectivity index (χ2v) is 4.67. The number of fused-ring (bicyclic) bond motifs is 1. The molecular weight excluding hydrogens is 284 g/mol. The van der Waals surface area contributed by atoms with Gasteiger partial charge in [0.1, 0.15) is 0 Å². The van der Waals surface area contributed by atoms with Crippen LogP contribution in [0.3, 0.4) is 0 Å². The van der Waals surface area contributed by atoms with Gasteiger partial charge in [0.2, 0.25) is 0 Å². The number of hydrogen-bond donors (Lipinski definition) is 1. The van der Waals surface area contributed by atoms with Gasteiger partial charge in [0.25, 0.3) is 0 Å². The van der Waals surface area contributed by atoms with Crippen molar-refractivity contribution in [3.63, 3.8) is 0 Å². The Bertz CT molecular complexity index is 868. The Labute approximate surface area is 125 Å². The summed E-state index contributed by atoms with van der Waals surface area (Å²) in [6, 6.07) is 14.0. The van der Waals surface area contributed by atoms with Crippen LogP contribution in [0.2, 0.25) is 0 Å². The van der Waals surface area contributed by atoms with Gasteiger partial charge in [0.15, 0.2) is 0 Å². The molecule has 0 fully saturated rings. The molecule has 1 aromatic heterocycles. The molecule has 0 saturated carbocycles. The quantitative estimate of drug-likeness (QED) is 0.751. The van der Waals surface area contributed by atoms with Gasteiger partial charge in [0, 0.05) is 6.92 Å². The van der Waals surface area contributed by atoms with E-state index < -0.39 is 11.9 Å². The smallest absolute Gasteiger partial charge is 0.335 e. The van der Waals surface area contributed by atoms with Gasteiger partial charge < -0.3 is 9.84 Å². The van der Waals surface area contributed by atoms with Crippen LogP contribution in [0.15, 0.2) is 48.5 Å². The molecule has 0 aliphatic rings. The summed E-state index contributed by atoms with van der Waals surface area (Å²) < 4.78 is 6.82. The molecule has 6 nitrogen and oxygen atoms in total. The molecule has 1 N–H and O–H groups in total. The number of esters is 1. The van der Waals surface area contributed by atoms with E-state index in [1.807, 2.05) is 30.3 Å². The van der Waals surface area contributed by atoms with E-state index in [1.165, 1.54) is 19.1 Å². The number of benzene rings is 2. The van der Waals surface area contributed by atoms with Crippen LogP contribution >= 0.6 is 0 Å². The zero-order chi connectivity index (χ0) is 15.7. The number of carbonyl (C=O) groups excluding carboxylic acids is 1. The van der Waals surface area contributed by atoms with Crippen LogP contribution in [0.1, 0.15) is 17.3 Å². The van der Waals surface area contributed by atoms with Gasteiger partial charge in [-0.3, -0.25) is 9.36 Å². The van der Waals surface area contributed by atoms with Crippen molar-refractivity contribution in [1.29, 1.82) is 0 Å². The first-order valence-electron chi connectivity index (χ1n) is 6.56. The number of aromatic carboxylic acids is 1. The van der Waals surface area contributed by atoms with Gasteiger partial charge in [0.05, 0.1) is 22.3 Å². The number of rotatable bonds is 3. The molecule has 0 radical (unpaired) electrons. The topological polar surface area (TPSA) is 81.4 Å². The van der Waals surface area contributed by atoms with Crippen molar-refractivity contribution < 1.29 is 19.4 Å². The number of imidazole rings is 1. The number of aromatic nitrogens is 2. The predicted octanol–water partition coefficient (Wildman–Crippen LogP) is 2.65. The van der Waals surface area contributed by atoms with Crippen LogP contribution in [0, 0.1) is 0 Å². The van der Waals surface area contributed by atoms with Crippen LogP contribution in [-0.2, 0) is 4.79 Å². The largest absolute Gasteiger partial charge is 0.478 e. The highest BCUT2D eigenvalue weighted by Crippen LogP contribution is 2.27. The minimum Gasteiger partial charge on any atom is -0.478 e. The van der Waals surface area contributed by atoms with E-state index in [0.29, 0.717) is 11.0 Å². The minimum atomic E-state index is -1.04. The fourth-order valence-corrected chi connectivity index (χ4v) is 2.21. The van der Waals surface area contributed by atoms with Crippen molar-refractivity contribution in [2.24, 2.45) is 0 Å². The Morgan fingerprint density at radius 1 is 1.14 bits per heavy atom. The van der Waals surface area contributed by atoms with Gasteiger partial charge in [-0.15, -0.1) is 0 Å². The molecular formula is C16H12N2O4. The first-order chi connectivity index (χ1) is 10.6. The fourth-order valence-electron chi connectivity index (χ4n) is 2.21. The van der Waals surface area contributed by atoms with Crippen LogP contribution in [0.25, 0.3) is 16.7 Å². The lowest BCUT2D eigenvalue weighted by molar-refractivity contribution is -0.132. The molecule has 22 heavy (non-hydrogen) atoms. The van der Waals surface area contributed by atoms with E-state index in [9.17, 15) is 9.59 Å². The summed E-state index contributed by atoms with van der Waals surface area (Å²) in [6.45, 7) is 1.29. The average Bonchev–Trinajstić information content (AvgIpc) is 2.84. The van der Waals surface area contributed by atoms with Crippen LogP contribution < -0.4 is 4.74 Å². The van der Waals surface area contributed by atoms with E-state index in [4.69, 9.17) is 9.84 Å². The average molecular weight is 296 g/mol. The van der Waals surface area contributed by atoms with Gasteiger partial charge >= 0.3 is 17.9 Å². The molecule has 0 spiro atoms. The SMILES string of the molecule is CC(=O)Oc1nc2cc(C(=O)O)ccc2n1-c1ccccc1. The molecule has 0 aliphatic heterocycles. The summed E-state index contributed by atoms with van der Waals surface area (Å²) in [7, 11) is 0. The van der Waals surface area contributed by atoms with Gasteiger partial charge in [-0.2, -0.15) is 4.98 Å². The molecule has 0 aliphatic carbocycles. The van der Waals surface area contributed by atoms with E-state index in [0.717, 1.165) is 5.69 Å². The molecule has 0 unspecified atom stereocenters. The number of carbonyl (C=O) groups is 2. The first-order valence-corrected chi connectivity index (χ1v) is 6.56. The first kappa shape index (κ1) is 13.8. The van der Waals surface area contributed by atoms with Crippen molar-refractivity contribution in [3.05, 3.63) is 54.1 Å². The summed E-state index contributed by atoms with van der Waals surface area (Å²) in [5, 5.41) is 9.06. The lowest BCUT2D eigenvalue weighted by Crippen LogP contribution is -2.07. The van der Waals surface area contributed by atoms with Crippen molar-refractivity contribution in [2.45, 2.75) is 6.92 Å². The monoisotopic (exact) mass is 296 g/mol. The number of hydrogen-bond acceptors (Lipinski definition) is 4. The second-order valence-electron chi connectivity index (χ2n) is 4.67. The number of nitrogens with zero attached hydrogens (tertiary/aromatic N) is 2. The highest BCUT2D eigenvalue weighted by molar-refractivity contribution is 5.93. The third kappa shape index (κ3) is 2.42. The number of carboxylic acid groups (broad SMARTS) is 1. The standard InChI is InChI=1S/C16H12N2O4/c1-10(19)22-16-17-13-9-11(15(20)21)7-8-14(13)18(16)12-5-3-2-4-6-12/h2-9H,1H3,(H,20,21). The van der Waals surface area contributed by atoms with Crippen molar-refractivity contribution in [2.75, 3.05) is 0 Å². The molecule has 2 aromatic carbocycles. The van der Waals surface area contributed by atoms with Crippen molar-refractivity contribution in [3.8, 4) is 11.7 Å². The van der Waals surface area contributed by atoms with Crippen molar-refractivity contribution >= 4 is 23.0 Å². The second kappa shape index (κ2) is 5.33. The maximum atomic E-state index is 11.3. The zero-order valence-electron chi connectivity index (χ0n) is 11.7. The Hall–Kier alpha value is -3.15. The maximum Gasteiger partial charge on any atom is 0.335 e. The van der Waals surface area contributed by atoms with Gasteiger partial charge in [-0.05, 0) is 30.3 Å². The molecule has 3 rings (SSSR count). The Kier molecular flexibility index (Phi) is 3.34. The summed E-state index contributed by atoms with van der Waals surface area (Å²) in [5.74, 6) is -1.53. The van der Waals surface area contributed by atoms with E-state index >= 15 is 0 Å². The lowest BCUT2D eigenvalue weighted by atomic mass is 10.2. The zero-order valence-corrected chi connectivity index (χ0v) is 11.7. The molecule has 0 saturated heterocycles. The van der Waals surface area contributed by atoms with Crippen LogP contribution in [-0.4, -0.2) is 26.6 Å². The molecule has 6 heteroatoms. The fraction of sp³-hybridized carbons (Fsp3) is 0.0625. The van der Waals surface area contributed by atoms with E-state index in [2.05, 4.69) is 4.98 Å². The normalized spacial score (nSPS) is 10.6. The highest BCUT2D eigenvalue weighted by Gasteiger charge is 2.16. The summed E-state index contributed by atoms with van der Waals surface area (Å²) in [5.41, 5.74) is 2.00. The summed E-state index contributed by atoms with van der Waals surface area (Å²) >= 11 is 0. The third-order valence-electron chi connectivity index (χ3n) is 3.12. The molecule has 0 bridgehead atoms. The van der Waals surface area contributed by atoms with E-state index in [1.54, 1.807) is 10.6 Å². The number of ether oxygens (including phenoxy) is 1. The maximum absolute atomic E-state index is 11.3. The molecule has 1 heterocycles. The molecule has 3 aromatic rings. The summed E-state index contributed by atoms with van der Waals surface area (Å²) in [6.07, 6.45) is 0. The van der Waals surface area contributed by atoms with E-state index in [-0.39, 0.29) is 11.6 Å².